The van der Waals surface area contributed by atoms with Crippen LogP contribution in [-0.4, -0.2) is 71.9 Å². The van der Waals surface area contributed by atoms with E-state index in [1.54, 1.807) is 15.5 Å². The maximum Gasteiger partial charge on any atom is 0.270 e. The third-order valence-corrected chi connectivity index (χ3v) is 7.99. The standard InChI is InChI=1S/C21H28N4O7S2/c1-3-32-11-10-24-17-8-7-16(25(28)29)12-18(17)33-21(24)22-19(26)13-34(30,31)14-20(27)23-9-5-4-6-15(23)2/h7-8,12,15H,3-6,9-11,13-14H2,1-2H3. The second-order valence-corrected chi connectivity index (χ2v) is 11.2. The van der Waals surface area contributed by atoms with Gasteiger partial charge in [0.15, 0.2) is 14.6 Å². The van der Waals surface area contributed by atoms with Gasteiger partial charge < -0.3 is 14.2 Å². The quantitative estimate of drug-likeness (QED) is 0.284. The van der Waals surface area contributed by atoms with E-state index in [-0.39, 0.29) is 16.5 Å². The van der Waals surface area contributed by atoms with Crippen molar-refractivity contribution in [3.63, 3.8) is 0 Å². The van der Waals surface area contributed by atoms with Gasteiger partial charge in [0, 0.05) is 37.9 Å². The molecule has 0 N–H and O–H groups in total. The highest BCUT2D eigenvalue weighted by Gasteiger charge is 2.28. The number of carbonyl (C=O) groups excluding carboxylic acids is 2. The van der Waals surface area contributed by atoms with Crippen LogP contribution in [0.3, 0.4) is 0 Å². The number of fused-ring (bicyclic) bond motifs is 1. The van der Waals surface area contributed by atoms with Crippen molar-refractivity contribution >= 4 is 48.9 Å². The van der Waals surface area contributed by atoms with Gasteiger partial charge >= 0.3 is 0 Å². The molecule has 0 radical (unpaired) electrons. The molecule has 2 aromatic rings. The first-order valence-corrected chi connectivity index (χ1v) is 13.7. The Hall–Kier alpha value is -2.64. The first-order valence-electron chi connectivity index (χ1n) is 11.0. The summed E-state index contributed by atoms with van der Waals surface area (Å²) in [5, 5.41) is 11.1. The second-order valence-electron chi connectivity index (χ2n) is 8.11. The molecule has 2 heterocycles. The zero-order valence-electron chi connectivity index (χ0n) is 19.1. The summed E-state index contributed by atoms with van der Waals surface area (Å²) in [5.41, 5.74) is 0.524. The molecule has 0 saturated carbocycles. The number of nitro benzene ring substituents is 1. The van der Waals surface area contributed by atoms with Crippen LogP contribution < -0.4 is 4.80 Å². The van der Waals surface area contributed by atoms with Crippen molar-refractivity contribution in [2.24, 2.45) is 4.99 Å². The van der Waals surface area contributed by atoms with Crippen LogP contribution >= 0.6 is 11.3 Å². The van der Waals surface area contributed by atoms with Gasteiger partial charge in [-0.15, -0.1) is 0 Å². The van der Waals surface area contributed by atoms with Gasteiger partial charge in [0.25, 0.3) is 11.6 Å². The van der Waals surface area contributed by atoms with Gasteiger partial charge in [-0.3, -0.25) is 19.7 Å². The summed E-state index contributed by atoms with van der Waals surface area (Å²) in [5.74, 6) is -3.02. The highest BCUT2D eigenvalue weighted by atomic mass is 32.2. The average molecular weight is 513 g/mol. The summed E-state index contributed by atoms with van der Waals surface area (Å²) in [7, 11) is -4.01. The van der Waals surface area contributed by atoms with Gasteiger partial charge in [-0.1, -0.05) is 11.3 Å². The SMILES string of the molecule is CCOCCn1c(=NC(=O)CS(=O)(=O)CC(=O)N2CCCCC2C)sc2cc([N+](=O)[O-])ccc21. The van der Waals surface area contributed by atoms with Gasteiger partial charge in [0.1, 0.15) is 11.5 Å². The van der Waals surface area contributed by atoms with Crippen LogP contribution in [0.25, 0.3) is 10.2 Å². The molecule has 1 unspecified atom stereocenters. The predicted octanol–water partition coefficient (Wildman–Crippen LogP) is 1.89. The molecule has 34 heavy (non-hydrogen) atoms. The number of sulfone groups is 1. The lowest BCUT2D eigenvalue weighted by Crippen LogP contribution is -2.45. The van der Waals surface area contributed by atoms with E-state index in [0.717, 1.165) is 30.6 Å². The Labute approximate surface area is 201 Å². The lowest BCUT2D eigenvalue weighted by molar-refractivity contribution is -0.384. The molecular weight excluding hydrogens is 484 g/mol. The second kappa shape index (κ2) is 11.2. The van der Waals surface area contributed by atoms with Gasteiger partial charge in [-0.2, -0.15) is 4.99 Å². The van der Waals surface area contributed by atoms with E-state index >= 15 is 0 Å². The molecule has 1 saturated heterocycles. The van der Waals surface area contributed by atoms with Crippen molar-refractivity contribution in [2.75, 3.05) is 31.3 Å². The van der Waals surface area contributed by atoms with Crippen molar-refractivity contribution in [3.05, 3.63) is 33.1 Å². The molecule has 1 aromatic heterocycles. The predicted molar refractivity (Wildman–Crippen MR) is 127 cm³/mol. The number of rotatable bonds is 9. The summed E-state index contributed by atoms with van der Waals surface area (Å²) in [6.45, 7) is 5.38. The molecule has 11 nitrogen and oxygen atoms in total. The Bertz CT molecular complexity index is 1250. The maximum absolute atomic E-state index is 12.6. The minimum Gasteiger partial charge on any atom is -0.380 e. The first-order chi connectivity index (χ1) is 16.1. The van der Waals surface area contributed by atoms with Gasteiger partial charge in [0.05, 0.1) is 21.7 Å². The van der Waals surface area contributed by atoms with Crippen molar-refractivity contribution in [2.45, 2.75) is 45.7 Å². The number of carbonyl (C=O) groups is 2. The number of aromatic nitrogens is 1. The monoisotopic (exact) mass is 512 g/mol. The molecule has 1 aliphatic rings. The molecule has 0 bridgehead atoms. The van der Waals surface area contributed by atoms with E-state index in [0.29, 0.717) is 36.5 Å². The molecule has 1 aliphatic heterocycles. The van der Waals surface area contributed by atoms with E-state index in [4.69, 9.17) is 4.74 Å². The minimum absolute atomic E-state index is 0.0243. The number of nitro groups is 1. The molecule has 186 valence electrons. The lowest BCUT2D eigenvalue weighted by Gasteiger charge is -2.33. The van der Waals surface area contributed by atoms with Crippen LogP contribution in [0.4, 0.5) is 5.69 Å². The van der Waals surface area contributed by atoms with Crippen molar-refractivity contribution in [1.82, 2.24) is 9.47 Å². The highest BCUT2D eigenvalue weighted by molar-refractivity contribution is 7.92. The van der Waals surface area contributed by atoms with Crippen LogP contribution in [0.5, 0.6) is 0 Å². The Morgan fingerprint density at radius 2 is 2.06 bits per heavy atom. The minimum atomic E-state index is -4.01. The number of benzene rings is 1. The van der Waals surface area contributed by atoms with E-state index in [2.05, 4.69) is 4.99 Å². The summed E-state index contributed by atoms with van der Waals surface area (Å²) >= 11 is 1.05. The molecular formula is C21H28N4O7S2. The number of nitrogens with zero attached hydrogens (tertiary/aromatic N) is 4. The van der Waals surface area contributed by atoms with Gasteiger partial charge in [-0.05, 0) is 39.2 Å². The van der Waals surface area contributed by atoms with E-state index in [9.17, 15) is 28.1 Å². The van der Waals surface area contributed by atoms with E-state index in [1.807, 2.05) is 13.8 Å². The van der Waals surface area contributed by atoms with Crippen LogP contribution in [0.2, 0.25) is 0 Å². The van der Waals surface area contributed by atoms with Crippen molar-refractivity contribution in [1.29, 1.82) is 0 Å². The zero-order valence-corrected chi connectivity index (χ0v) is 20.8. The molecule has 1 atom stereocenters. The Balaban J connectivity index is 1.83. The molecule has 13 heteroatoms. The topological polar surface area (TPSA) is 141 Å². The maximum atomic E-state index is 12.6. The number of ether oxygens (including phenoxy) is 1. The molecule has 3 rings (SSSR count). The summed E-state index contributed by atoms with van der Waals surface area (Å²) in [6, 6.07) is 4.28. The van der Waals surface area contributed by atoms with E-state index < -0.39 is 38.1 Å². The van der Waals surface area contributed by atoms with Gasteiger partial charge in [-0.25, -0.2) is 8.42 Å². The van der Waals surface area contributed by atoms with Crippen molar-refractivity contribution in [3.8, 4) is 0 Å². The van der Waals surface area contributed by atoms with E-state index in [1.165, 1.54) is 12.1 Å². The smallest absolute Gasteiger partial charge is 0.270 e. The summed E-state index contributed by atoms with van der Waals surface area (Å²) in [6.07, 6.45) is 2.65. The number of piperidine rings is 1. The largest absolute Gasteiger partial charge is 0.380 e. The first kappa shape index (κ1) is 26.0. The van der Waals surface area contributed by atoms with Crippen LogP contribution in [0.1, 0.15) is 33.1 Å². The molecule has 2 amide bonds. The van der Waals surface area contributed by atoms with Crippen molar-refractivity contribution < 1.29 is 27.7 Å². The average Bonchev–Trinajstić information content (AvgIpc) is 3.09. The summed E-state index contributed by atoms with van der Waals surface area (Å²) in [4.78, 5) is 41.4. The number of thiazole rings is 1. The van der Waals surface area contributed by atoms with Crippen LogP contribution in [0, 0.1) is 10.1 Å². The third-order valence-electron chi connectivity index (χ3n) is 5.57. The molecule has 1 fully saturated rings. The fourth-order valence-corrected chi connectivity index (χ4v) is 6.09. The Kier molecular flexibility index (Phi) is 8.55. The fraction of sp³-hybridized carbons (Fsp3) is 0.571. The third kappa shape index (κ3) is 6.48. The number of hydrogen-bond acceptors (Lipinski definition) is 8. The summed E-state index contributed by atoms with van der Waals surface area (Å²) < 4.78 is 32.7. The van der Waals surface area contributed by atoms with Crippen LogP contribution in [0.15, 0.2) is 23.2 Å². The lowest BCUT2D eigenvalue weighted by atomic mass is 10.0. The number of amides is 2. The van der Waals surface area contributed by atoms with Crippen LogP contribution in [-0.2, 0) is 30.7 Å². The Morgan fingerprint density at radius 3 is 2.74 bits per heavy atom. The zero-order chi connectivity index (χ0) is 24.9. The number of hydrogen-bond donors (Lipinski definition) is 0. The number of non-ortho nitro benzene ring substituents is 1. The molecule has 1 aromatic carbocycles. The number of likely N-dealkylation sites (tertiary alicyclic amines) is 1. The fourth-order valence-electron chi connectivity index (χ4n) is 3.89. The Morgan fingerprint density at radius 1 is 1.29 bits per heavy atom. The molecule has 0 spiro atoms. The molecule has 0 aliphatic carbocycles. The van der Waals surface area contributed by atoms with Gasteiger partial charge in [0.2, 0.25) is 5.91 Å². The highest BCUT2D eigenvalue weighted by Crippen LogP contribution is 2.23. The normalized spacial score (nSPS) is 17.3.